The van der Waals surface area contributed by atoms with Crippen molar-refractivity contribution in [2.24, 2.45) is 0 Å². The van der Waals surface area contributed by atoms with Crippen molar-refractivity contribution >= 4 is 5.97 Å². The minimum absolute atomic E-state index is 0.0803. The van der Waals surface area contributed by atoms with Gasteiger partial charge in [0.05, 0.1) is 17.5 Å². The van der Waals surface area contributed by atoms with Gasteiger partial charge in [-0.25, -0.2) is 4.79 Å². The first-order chi connectivity index (χ1) is 8.59. The molecule has 2 aromatic rings. The van der Waals surface area contributed by atoms with Gasteiger partial charge in [0.15, 0.2) is 5.75 Å². The van der Waals surface area contributed by atoms with Crippen molar-refractivity contribution in [3.63, 3.8) is 0 Å². The van der Waals surface area contributed by atoms with Gasteiger partial charge in [0, 0.05) is 6.20 Å². The van der Waals surface area contributed by atoms with Crippen LogP contribution in [0.2, 0.25) is 0 Å². The summed E-state index contributed by atoms with van der Waals surface area (Å²) in [6.07, 6.45) is 2.79. The summed E-state index contributed by atoms with van der Waals surface area (Å²) >= 11 is 0. The van der Waals surface area contributed by atoms with E-state index in [-0.39, 0.29) is 17.9 Å². The molecule has 0 amide bonds. The van der Waals surface area contributed by atoms with Crippen LogP contribution in [0.4, 0.5) is 0 Å². The smallest absolute Gasteiger partial charge is 0.339 e. The average molecular weight is 248 g/mol. The summed E-state index contributed by atoms with van der Waals surface area (Å²) in [5.41, 5.74) is 1.63. The minimum atomic E-state index is -1.05. The van der Waals surface area contributed by atoms with Gasteiger partial charge in [-0.2, -0.15) is 0 Å². The third-order valence-electron chi connectivity index (χ3n) is 2.57. The molecule has 0 spiro atoms. The fourth-order valence-electron chi connectivity index (χ4n) is 1.53. The molecule has 0 aliphatic rings. The van der Waals surface area contributed by atoms with Gasteiger partial charge < -0.3 is 14.4 Å². The summed E-state index contributed by atoms with van der Waals surface area (Å²) in [7, 11) is 0. The summed E-state index contributed by atoms with van der Waals surface area (Å²) < 4.78 is 10.5. The monoisotopic (exact) mass is 248 g/mol. The summed E-state index contributed by atoms with van der Waals surface area (Å²) in [6, 6.07) is 1.39. The highest BCUT2D eigenvalue weighted by atomic mass is 16.5. The molecule has 0 bridgehead atoms. The molecule has 2 heterocycles. The van der Waals surface area contributed by atoms with Gasteiger partial charge in [0.1, 0.15) is 17.9 Å². The van der Waals surface area contributed by atoms with Gasteiger partial charge >= 0.3 is 5.97 Å². The molecule has 2 rings (SSSR count). The lowest BCUT2D eigenvalue weighted by Gasteiger charge is -2.07. The number of aromatic carboxylic acids is 1. The van der Waals surface area contributed by atoms with Crippen LogP contribution in [0.5, 0.6) is 5.75 Å². The first-order valence-corrected chi connectivity index (χ1v) is 5.31. The number of carboxylic acid groups (broad SMARTS) is 1. The van der Waals surface area contributed by atoms with Crippen LogP contribution in [0.15, 0.2) is 23.0 Å². The highest BCUT2D eigenvalue weighted by molar-refractivity contribution is 5.90. The van der Waals surface area contributed by atoms with Crippen molar-refractivity contribution in [1.82, 2.24) is 10.1 Å². The molecule has 0 saturated heterocycles. The molecular formula is C12H12N2O4. The number of hydrogen-bond donors (Lipinski definition) is 1. The van der Waals surface area contributed by atoms with Crippen LogP contribution >= 0.6 is 0 Å². The maximum absolute atomic E-state index is 11.0. The lowest BCUT2D eigenvalue weighted by Crippen LogP contribution is -2.04. The van der Waals surface area contributed by atoms with E-state index in [0.29, 0.717) is 5.76 Å². The Morgan fingerprint density at radius 3 is 2.89 bits per heavy atom. The number of pyridine rings is 1. The van der Waals surface area contributed by atoms with Crippen LogP contribution in [-0.4, -0.2) is 21.2 Å². The van der Waals surface area contributed by atoms with Crippen molar-refractivity contribution < 1.29 is 19.2 Å². The van der Waals surface area contributed by atoms with Crippen LogP contribution < -0.4 is 4.74 Å². The van der Waals surface area contributed by atoms with Gasteiger partial charge in [0.2, 0.25) is 0 Å². The fourth-order valence-corrected chi connectivity index (χ4v) is 1.53. The van der Waals surface area contributed by atoms with Crippen LogP contribution in [-0.2, 0) is 6.61 Å². The minimum Gasteiger partial charge on any atom is -0.486 e. The second kappa shape index (κ2) is 4.87. The summed E-state index contributed by atoms with van der Waals surface area (Å²) in [5.74, 6) is -0.163. The molecular weight excluding hydrogens is 236 g/mol. The third kappa shape index (κ3) is 2.32. The lowest BCUT2D eigenvalue weighted by molar-refractivity contribution is 0.0691. The van der Waals surface area contributed by atoms with Crippen molar-refractivity contribution in [2.75, 3.05) is 0 Å². The first-order valence-electron chi connectivity index (χ1n) is 5.31. The zero-order valence-electron chi connectivity index (χ0n) is 10.0. The molecule has 0 aliphatic heterocycles. The van der Waals surface area contributed by atoms with E-state index in [1.807, 2.05) is 0 Å². The predicted molar refractivity (Wildman–Crippen MR) is 61.5 cm³/mol. The van der Waals surface area contributed by atoms with Crippen LogP contribution in [0.1, 0.15) is 27.4 Å². The maximum Gasteiger partial charge on any atom is 0.339 e. The molecule has 6 nitrogen and oxygen atoms in total. The van der Waals surface area contributed by atoms with Crippen molar-refractivity contribution in [3.8, 4) is 5.75 Å². The maximum atomic E-state index is 11.0. The molecule has 1 N–H and O–H groups in total. The van der Waals surface area contributed by atoms with Crippen LogP contribution in [0, 0.1) is 13.8 Å². The van der Waals surface area contributed by atoms with Crippen LogP contribution in [0.3, 0.4) is 0 Å². The molecule has 0 fully saturated rings. The zero-order chi connectivity index (χ0) is 13.1. The average Bonchev–Trinajstić information content (AvgIpc) is 2.67. The van der Waals surface area contributed by atoms with Gasteiger partial charge in [-0.15, -0.1) is 0 Å². The Kier molecular flexibility index (Phi) is 3.27. The number of hydrogen-bond acceptors (Lipinski definition) is 5. The van der Waals surface area contributed by atoms with E-state index in [1.54, 1.807) is 13.8 Å². The number of carbonyl (C=O) groups is 1. The van der Waals surface area contributed by atoms with Gasteiger partial charge in [-0.3, -0.25) is 4.98 Å². The largest absolute Gasteiger partial charge is 0.486 e. The van der Waals surface area contributed by atoms with Gasteiger partial charge in [-0.05, 0) is 19.9 Å². The molecule has 6 heteroatoms. The number of nitrogens with zero attached hydrogens (tertiary/aromatic N) is 2. The fraction of sp³-hybridized carbons (Fsp3) is 0.250. The highest BCUT2D eigenvalue weighted by Crippen LogP contribution is 2.20. The Morgan fingerprint density at radius 2 is 2.28 bits per heavy atom. The molecule has 0 unspecified atom stereocenters. The van der Waals surface area contributed by atoms with Crippen LogP contribution in [0.25, 0.3) is 0 Å². The van der Waals surface area contributed by atoms with E-state index >= 15 is 0 Å². The predicted octanol–water partition coefficient (Wildman–Crippen LogP) is 1.96. The Labute approximate surface area is 103 Å². The molecule has 0 radical (unpaired) electrons. The van der Waals surface area contributed by atoms with Gasteiger partial charge in [0.25, 0.3) is 0 Å². The molecule has 94 valence electrons. The Bertz CT molecular complexity index is 558. The van der Waals surface area contributed by atoms with Crippen molar-refractivity contribution in [3.05, 3.63) is 41.0 Å². The quantitative estimate of drug-likeness (QED) is 0.890. The SMILES string of the molecule is Cc1noc(C)c1COc1cnccc1C(=O)O. The molecule has 0 aromatic carbocycles. The molecule has 18 heavy (non-hydrogen) atoms. The van der Waals surface area contributed by atoms with E-state index in [0.717, 1.165) is 11.3 Å². The number of aromatic nitrogens is 2. The first kappa shape index (κ1) is 12.1. The highest BCUT2D eigenvalue weighted by Gasteiger charge is 2.14. The summed E-state index contributed by atoms with van der Waals surface area (Å²) in [4.78, 5) is 14.8. The number of rotatable bonds is 4. The molecule has 2 aromatic heterocycles. The summed E-state index contributed by atoms with van der Waals surface area (Å²) in [5, 5.41) is 12.8. The number of ether oxygens (including phenoxy) is 1. The van der Waals surface area contributed by atoms with E-state index in [1.165, 1.54) is 18.5 Å². The lowest BCUT2D eigenvalue weighted by atomic mass is 10.2. The van der Waals surface area contributed by atoms with E-state index in [4.69, 9.17) is 14.4 Å². The normalized spacial score (nSPS) is 10.3. The summed E-state index contributed by atoms with van der Waals surface area (Å²) in [6.45, 7) is 3.78. The molecule has 0 aliphatic carbocycles. The Hall–Kier alpha value is -2.37. The molecule has 0 atom stereocenters. The second-order valence-electron chi connectivity index (χ2n) is 3.77. The topological polar surface area (TPSA) is 85.5 Å². The van der Waals surface area contributed by atoms with E-state index in [2.05, 4.69) is 10.1 Å². The number of carboxylic acids is 1. The second-order valence-corrected chi connectivity index (χ2v) is 3.77. The van der Waals surface area contributed by atoms with Gasteiger partial charge in [-0.1, -0.05) is 5.16 Å². The zero-order valence-corrected chi connectivity index (χ0v) is 10.0. The number of aryl methyl sites for hydroxylation is 2. The van der Waals surface area contributed by atoms with Crippen molar-refractivity contribution in [2.45, 2.75) is 20.5 Å². The molecule has 0 saturated carbocycles. The standard InChI is InChI=1S/C12H12N2O4/c1-7-10(8(2)18-14-7)6-17-11-5-13-4-3-9(11)12(15)16/h3-5H,6H2,1-2H3,(H,15,16). The van der Waals surface area contributed by atoms with E-state index < -0.39 is 5.97 Å². The third-order valence-corrected chi connectivity index (χ3v) is 2.57. The Balaban J connectivity index is 2.18. The van der Waals surface area contributed by atoms with Crippen molar-refractivity contribution in [1.29, 1.82) is 0 Å². The Morgan fingerprint density at radius 1 is 1.50 bits per heavy atom. The van der Waals surface area contributed by atoms with E-state index in [9.17, 15) is 4.79 Å².